The van der Waals surface area contributed by atoms with Crippen LogP contribution in [0.3, 0.4) is 0 Å². The van der Waals surface area contributed by atoms with Gasteiger partial charge < -0.3 is 9.47 Å². The number of aryl methyl sites for hydroxylation is 1. The molecule has 0 aliphatic rings. The third-order valence-electron chi connectivity index (χ3n) is 2.81. The van der Waals surface area contributed by atoms with E-state index in [0.717, 1.165) is 11.0 Å². The molecule has 0 aliphatic carbocycles. The summed E-state index contributed by atoms with van der Waals surface area (Å²) >= 11 is 3.38. The smallest absolute Gasteiger partial charge is 0.270 e. The number of nitrogens with zero attached hydrogens (tertiary/aromatic N) is 3. The lowest BCUT2D eigenvalue weighted by atomic mass is 10.2. The van der Waals surface area contributed by atoms with Crippen LogP contribution in [0.15, 0.2) is 16.7 Å². The van der Waals surface area contributed by atoms with Crippen LogP contribution in [0, 0.1) is 17.2 Å². The predicted octanol–water partition coefficient (Wildman–Crippen LogP) is 2.89. The summed E-state index contributed by atoms with van der Waals surface area (Å²) in [6, 6.07) is 3.98. The molecular weight excluding hydrogens is 294 g/mol. The van der Waals surface area contributed by atoms with Crippen molar-refractivity contribution in [2.75, 3.05) is 13.1 Å². The highest BCUT2D eigenvalue weighted by molar-refractivity contribution is 9.10. The van der Waals surface area contributed by atoms with E-state index in [1.165, 1.54) is 0 Å². The standard InChI is InChI=1S/C13H18BrN3O/c1-4-16-9-11(14)6-12(16)13(18)17(5-2)8-10(3)7-15/h6,9-10H,4-5,8H2,1-3H3. The first kappa shape index (κ1) is 14.8. The van der Waals surface area contributed by atoms with Crippen molar-refractivity contribution < 1.29 is 4.79 Å². The van der Waals surface area contributed by atoms with Crippen LogP contribution < -0.4 is 0 Å². The fraction of sp³-hybridized carbons (Fsp3) is 0.538. The maximum Gasteiger partial charge on any atom is 0.270 e. The van der Waals surface area contributed by atoms with Gasteiger partial charge in [0.1, 0.15) is 5.69 Å². The van der Waals surface area contributed by atoms with Crippen LogP contribution in [0.4, 0.5) is 0 Å². The first-order valence-electron chi connectivity index (χ1n) is 6.08. The number of rotatable bonds is 5. The van der Waals surface area contributed by atoms with Crippen molar-refractivity contribution in [3.63, 3.8) is 0 Å². The lowest BCUT2D eigenvalue weighted by Crippen LogP contribution is -2.35. The Morgan fingerprint density at radius 3 is 2.78 bits per heavy atom. The van der Waals surface area contributed by atoms with Gasteiger partial charge in [-0.1, -0.05) is 0 Å². The molecule has 4 nitrogen and oxygen atoms in total. The molecule has 0 spiro atoms. The predicted molar refractivity (Wildman–Crippen MR) is 74.2 cm³/mol. The van der Waals surface area contributed by atoms with Gasteiger partial charge in [-0.25, -0.2) is 0 Å². The number of carbonyl (C=O) groups excluding carboxylic acids is 1. The second kappa shape index (κ2) is 6.60. The molecule has 0 fully saturated rings. The van der Waals surface area contributed by atoms with E-state index in [2.05, 4.69) is 22.0 Å². The molecule has 1 heterocycles. The van der Waals surface area contributed by atoms with Gasteiger partial charge in [-0.05, 0) is 42.8 Å². The van der Waals surface area contributed by atoms with Gasteiger partial charge in [-0.3, -0.25) is 4.79 Å². The number of aromatic nitrogens is 1. The summed E-state index contributed by atoms with van der Waals surface area (Å²) in [4.78, 5) is 14.1. The van der Waals surface area contributed by atoms with Crippen molar-refractivity contribution in [1.82, 2.24) is 9.47 Å². The van der Waals surface area contributed by atoms with Crippen molar-refractivity contribution in [2.24, 2.45) is 5.92 Å². The van der Waals surface area contributed by atoms with Gasteiger partial charge in [0.15, 0.2) is 0 Å². The van der Waals surface area contributed by atoms with Crippen molar-refractivity contribution in [2.45, 2.75) is 27.3 Å². The fourth-order valence-corrected chi connectivity index (χ4v) is 2.27. The van der Waals surface area contributed by atoms with Crippen LogP contribution in [0.25, 0.3) is 0 Å². The van der Waals surface area contributed by atoms with Gasteiger partial charge in [-0.15, -0.1) is 0 Å². The minimum Gasteiger partial charge on any atom is -0.343 e. The number of carbonyl (C=O) groups is 1. The first-order valence-corrected chi connectivity index (χ1v) is 6.87. The largest absolute Gasteiger partial charge is 0.343 e. The Kier molecular flexibility index (Phi) is 5.42. The summed E-state index contributed by atoms with van der Waals surface area (Å²) in [5.74, 6) is -0.172. The maximum absolute atomic E-state index is 12.4. The lowest BCUT2D eigenvalue weighted by Gasteiger charge is -2.22. The molecule has 5 heteroatoms. The van der Waals surface area contributed by atoms with Crippen LogP contribution in [0.1, 0.15) is 31.3 Å². The minimum atomic E-state index is -0.151. The molecule has 1 atom stereocenters. The molecular formula is C13H18BrN3O. The number of hydrogen-bond acceptors (Lipinski definition) is 2. The number of amides is 1. The molecule has 1 rings (SSSR count). The van der Waals surface area contributed by atoms with E-state index in [-0.39, 0.29) is 11.8 Å². The maximum atomic E-state index is 12.4. The van der Waals surface area contributed by atoms with Crippen molar-refractivity contribution in [3.8, 4) is 6.07 Å². The highest BCUT2D eigenvalue weighted by atomic mass is 79.9. The third-order valence-corrected chi connectivity index (χ3v) is 3.24. The van der Waals surface area contributed by atoms with Gasteiger partial charge in [0.05, 0.1) is 12.0 Å². The van der Waals surface area contributed by atoms with Crippen LogP contribution in [-0.4, -0.2) is 28.5 Å². The highest BCUT2D eigenvalue weighted by Crippen LogP contribution is 2.17. The Morgan fingerprint density at radius 1 is 1.61 bits per heavy atom. The molecule has 0 aliphatic heterocycles. The monoisotopic (exact) mass is 311 g/mol. The van der Waals surface area contributed by atoms with E-state index in [4.69, 9.17) is 5.26 Å². The van der Waals surface area contributed by atoms with Crippen molar-refractivity contribution >= 4 is 21.8 Å². The molecule has 1 unspecified atom stereocenters. The second-order valence-electron chi connectivity index (χ2n) is 4.20. The number of nitriles is 1. The van der Waals surface area contributed by atoms with Crippen molar-refractivity contribution in [3.05, 3.63) is 22.4 Å². The van der Waals surface area contributed by atoms with Gasteiger partial charge in [0, 0.05) is 30.3 Å². The van der Waals surface area contributed by atoms with E-state index < -0.39 is 0 Å². The Labute approximate surface area is 116 Å². The molecule has 0 aromatic carbocycles. The summed E-state index contributed by atoms with van der Waals surface area (Å²) in [6.45, 7) is 7.58. The summed E-state index contributed by atoms with van der Waals surface area (Å²) in [5, 5.41) is 8.84. The zero-order valence-corrected chi connectivity index (χ0v) is 12.6. The van der Waals surface area contributed by atoms with E-state index in [1.54, 1.807) is 4.90 Å². The Hall–Kier alpha value is -1.28. The zero-order chi connectivity index (χ0) is 13.7. The minimum absolute atomic E-state index is 0.0212. The summed E-state index contributed by atoms with van der Waals surface area (Å²) in [5.41, 5.74) is 0.663. The average molecular weight is 312 g/mol. The van der Waals surface area contributed by atoms with E-state index in [1.807, 2.05) is 37.6 Å². The molecule has 0 N–H and O–H groups in total. The molecule has 1 aromatic rings. The Morgan fingerprint density at radius 2 is 2.28 bits per heavy atom. The average Bonchev–Trinajstić information content (AvgIpc) is 2.75. The molecule has 1 amide bonds. The number of halogens is 1. The lowest BCUT2D eigenvalue weighted by molar-refractivity contribution is 0.0742. The number of hydrogen-bond donors (Lipinski definition) is 0. The zero-order valence-electron chi connectivity index (χ0n) is 11.0. The first-order chi connectivity index (χ1) is 8.53. The van der Waals surface area contributed by atoms with Gasteiger partial charge in [-0.2, -0.15) is 5.26 Å². The quantitative estimate of drug-likeness (QED) is 0.839. The van der Waals surface area contributed by atoms with Gasteiger partial charge in [0.2, 0.25) is 0 Å². The molecule has 98 valence electrons. The summed E-state index contributed by atoms with van der Waals surface area (Å²) in [7, 11) is 0. The summed E-state index contributed by atoms with van der Waals surface area (Å²) in [6.07, 6.45) is 1.90. The Bertz CT molecular complexity index is 461. The molecule has 0 radical (unpaired) electrons. The molecule has 18 heavy (non-hydrogen) atoms. The van der Waals surface area contributed by atoms with Crippen LogP contribution in [0.2, 0.25) is 0 Å². The third kappa shape index (κ3) is 3.36. The molecule has 0 bridgehead atoms. The summed E-state index contributed by atoms with van der Waals surface area (Å²) < 4.78 is 2.81. The van der Waals surface area contributed by atoms with Crippen LogP contribution >= 0.6 is 15.9 Å². The second-order valence-corrected chi connectivity index (χ2v) is 5.12. The van der Waals surface area contributed by atoms with E-state index in [0.29, 0.717) is 18.8 Å². The van der Waals surface area contributed by atoms with Crippen molar-refractivity contribution in [1.29, 1.82) is 5.26 Å². The highest BCUT2D eigenvalue weighted by Gasteiger charge is 2.20. The fourth-order valence-electron chi connectivity index (χ4n) is 1.80. The molecule has 0 saturated carbocycles. The SMILES string of the molecule is CCN(CC(C)C#N)C(=O)c1cc(Br)cn1CC. The normalized spacial score (nSPS) is 11.9. The van der Waals surface area contributed by atoms with Crippen LogP contribution in [0.5, 0.6) is 0 Å². The van der Waals surface area contributed by atoms with Gasteiger partial charge >= 0.3 is 0 Å². The molecule has 0 saturated heterocycles. The van der Waals surface area contributed by atoms with E-state index in [9.17, 15) is 4.79 Å². The molecule has 1 aromatic heterocycles. The van der Waals surface area contributed by atoms with E-state index >= 15 is 0 Å². The Balaban J connectivity index is 2.93. The topological polar surface area (TPSA) is 49.0 Å². The van der Waals surface area contributed by atoms with Crippen LogP contribution in [-0.2, 0) is 6.54 Å². The van der Waals surface area contributed by atoms with Gasteiger partial charge in [0.25, 0.3) is 5.91 Å².